The average molecular weight is 395 g/mol. The monoisotopic (exact) mass is 394 g/mol. The van der Waals surface area contributed by atoms with E-state index in [9.17, 15) is 15.0 Å². The molecule has 0 aliphatic rings. The van der Waals surface area contributed by atoms with Gasteiger partial charge in [0, 0.05) is 6.54 Å². The second-order valence-electron chi connectivity index (χ2n) is 9.43. The van der Waals surface area contributed by atoms with Crippen LogP contribution in [0.25, 0.3) is 0 Å². The van der Waals surface area contributed by atoms with E-state index < -0.39 is 12.0 Å². The minimum atomic E-state index is -0.982. The summed E-state index contributed by atoms with van der Waals surface area (Å²) in [5.74, 6) is -0.756. The summed E-state index contributed by atoms with van der Waals surface area (Å²) in [5.41, 5.74) is 2.84. The number of benzene rings is 2. The molecule has 2 aromatic carbocycles. The van der Waals surface area contributed by atoms with Gasteiger partial charge >= 0.3 is 5.97 Å². The SMILES string of the molecule is CC(C)(C)c1cc(C(NCc2ccc(C#N)cc2)C(=O)O)cc(C(C)(C)C)c1O. The van der Waals surface area contributed by atoms with Crippen LogP contribution in [0.5, 0.6) is 5.75 Å². The van der Waals surface area contributed by atoms with Crippen LogP contribution in [0.4, 0.5) is 0 Å². The Labute approximate surface area is 173 Å². The lowest BCUT2D eigenvalue weighted by Crippen LogP contribution is -2.29. The molecule has 5 heteroatoms. The highest BCUT2D eigenvalue weighted by Crippen LogP contribution is 2.40. The Balaban J connectivity index is 2.46. The molecule has 0 saturated carbocycles. The standard InChI is InChI=1S/C24H30N2O3/c1-23(2,3)18-11-17(12-19(21(18)27)24(4,5)6)20(22(28)29)26-14-16-9-7-15(13-25)8-10-16/h7-12,20,26-27H,14H2,1-6H3,(H,28,29). The zero-order valence-electron chi connectivity index (χ0n) is 18.0. The van der Waals surface area contributed by atoms with Gasteiger partial charge in [-0.2, -0.15) is 5.26 Å². The molecule has 2 aromatic rings. The maximum atomic E-state index is 12.1. The molecule has 2 rings (SSSR count). The van der Waals surface area contributed by atoms with Crippen molar-refractivity contribution >= 4 is 5.97 Å². The zero-order chi connectivity index (χ0) is 22.0. The fourth-order valence-corrected chi connectivity index (χ4v) is 3.23. The number of aromatic hydroxyl groups is 1. The van der Waals surface area contributed by atoms with Gasteiger partial charge in [0.15, 0.2) is 0 Å². The molecule has 0 aliphatic heterocycles. The van der Waals surface area contributed by atoms with Crippen LogP contribution in [0.3, 0.4) is 0 Å². The normalized spacial score (nSPS) is 13.0. The summed E-state index contributed by atoms with van der Waals surface area (Å²) >= 11 is 0. The molecule has 1 unspecified atom stereocenters. The van der Waals surface area contributed by atoms with Crippen LogP contribution in [0, 0.1) is 11.3 Å². The number of aliphatic carboxylic acids is 1. The van der Waals surface area contributed by atoms with Gasteiger partial charge in [0.1, 0.15) is 11.8 Å². The van der Waals surface area contributed by atoms with Crippen molar-refractivity contribution in [3.05, 3.63) is 64.2 Å². The first-order chi connectivity index (χ1) is 13.3. The van der Waals surface area contributed by atoms with E-state index in [2.05, 4.69) is 11.4 Å². The molecule has 0 spiro atoms. The number of hydrogen-bond donors (Lipinski definition) is 3. The summed E-state index contributed by atoms with van der Waals surface area (Å²) in [5, 5.41) is 32.8. The molecule has 5 nitrogen and oxygen atoms in total. The molecule has 0 aromatic heterocycles. The fraction of sp³-hybridized carbons (Fsp3) is 0.417. The van der Waals surface area contributed by atoms with Gasteiger partial charge in [-0.05, 0) is 57.3 Å². The molecule has 3 N–H and O–H groups in total. The highest BCUT2D eigenvalue weighted by Gasteiger charge is 2.29. The molecule has 154 valence electrons. The van der Waals surface area contributed by atoms with Crippen molar-refractivity contribution in [2.24, 2.45) is 0 Å². The number of nitriles is 1. The number of rotatable bonds is 5. The van der Waals surface area contributed by atoms with Crippen molar-refractivity contribution in [2.45, 2.75) is 65.0 Å². The Morgan fingerprint density at radius 2 is 1.52 bits per heavy atom. The van der Waals surface area contributed by atoms with Crippen molar-refractivity contribution < 1.29 is 15.0 Å². The average Bonchev–Trinajstić information content (AvgIpc) is 2.61. The Kier molecular flexibility index (Phi) is 6.40. The molecular formula is C24H30N2O3. The predicted octanol–water partition coefficient (Wildman–Crippen LogP) is 4.77. The molecular weight excluding hydrogens is 364 g/mol. The number of nitrogens with zero attached hydrogens (tertiary/aromatic N) is 1. The van der Waals surface area contributed by atoms with Crippen LogP contribution < -0.4 is 5.32 Å². The Morgan fingerprint density at radius 1 is 1.03 bits per heavy atom. The number of phenolic OH excluding ortho intramolecular Hbond substituents is 1. The maximum absolute atomic E-state index is 12.1. The van der Waals surface area contributed by atoms with Gasteiger partial charge in [0.2, 0.25) is 0 Å². The van der Waals surface area contributed by atoms with E-state index in [-0.39, 0.29) is 16.6 Å². The molecule has 0 heterocycles. The van der Waals surface area contributed by atoms with Gasteiger partial charge in [-0.25, -0.2) is 0 Å². The van der Waals surface area contributed by atoms with Crippen molar-refractivity contribution in [1.82, 2.24) is 5.32 Å². The van der Waals surface area contributed by atoms with E-state index in [1.807, 2.05) is 53.7 Å². The number of hydrogen-bond acceptors (Lipinski definition) is 4. The number of carbonyl (C=O) groups is 1. The first-order valence-corrected chi connectivity index (χ1v) is 9.67. The second-order valence-corrected chi connectivity index (χ2v) is 9.43. The summed E-state index contributed by atoms with van der Waals surface area (Å²) in [6, 6.07) is 11.8. The quantitative estimate of drug-likeness (QED) is 0.679. The van der Waals surface area contributed by atoms with Crippen LogP contribution >= 0.6 is 0 Å². The van der Waals surface area contributed by atoms with Crippen LogP contribution in [0.2, 0.25) is 0 Å². The lowest BCUT2D eigenvalue weighted by molar-refractivity contribution is -0.139. The van der Waals surface area contributed by atoms with Gasteiger partial charge in [0.05, 0.1) is 11.6 Å². The number of nitrogens with one attached hydrogen (secondary N) is 1. The molecule has 0 saturated heterocycles. The van der Waals surface area contributed by atoms with Crippen molar-refractivity contribution in [3.63, 3.8) is 0 Å². The summed E-state index contributed by atoms with van der Waals surface area (Å²) in [6.45, 7) is 12.3. The van der Waals surface area contributed by atoms with E-state index in [0.29, 0.717) is 17.7 Å². The van der Waals surface area contributed by atoms with Crippen molar-refractivity contribution in [2.75, 3.05) is 0 Å². The molecule has 0 bridgehead atoms. The fourth-order valence-electron chi connectivity index (χ4n) is 3.23. The number of carboxylic acid groups (broad SMARTS) is 1. The first-order valence-electron chi connectivity index (χ1n) is 9.67. The lowest BCUT2D eigenvalue weighted by atomic mass is 9.77. The Hall–Kier alpha value is -2.84. The van der Waals surface area contributed by atoms with E-state index >= 15 is 0 Å². The third kappa shape index (κ3) is 5.36. The topological polar surface area (TPSA) is 93.4 Å². The number of carboxylic acids is 1. The largest absolute Gasteiger partial charge is 0.507 e. The summed E-state index contributed by atoms with van der Waals surface area (Å²) < 4.78 is 0. The van der Waals surface area contributed by atoms with E-state index in [1.165, 1.54) is 0 Å². The Bertz CT molecular complexity index is 892. The van der Waals surface area contributed by atoms with E-state index in [1.54, 1.807) is 24.3 Å². The molecule has 1 atom stereocenters. The van der Waals surface area contributed by atoms with Crippen molar-refractivity contribution in [3.8, 4) is 11.8 Å². The summed E-state index contributed by atoms with van der Waals surface area (Å²) in [6.07, 6.45) is 0. The molecule has 0 radical (unpaired) electrons. The molecule has 29 heavy (non-hydrogen) atoms. The highest BCUT2D eigenvalue weighted by atomic mass is 16.4. The van der Waals surface area contributed by atoms with Gasteiger partial charge in [-0.1, -0.05) is 53.7 Å². The van der Waals surface area contributed by atoms with Crippen LogP contribution in [-0.2, 0) is 22.2 Å². The van der Waals surface area contributed by atoms with E-state index in [0.717, 1.165) is 16.7 Å². The van der Waals surface area contributed by atoms with Gasteiger partial charge < -0.3 is 10.2 Å². The van der Waals surface area contributed by atoms with Crippen LogP contribution in [-0.4, -0.2) is 16.2 Å². The highest BCUT2D eigenvalue weighted by molar-refractivity contribution is 5.76. The smallest absolute Gasteiger partial charge is 0.325 e. The third-order valence-electron chi connectivity index (χ3n) is 4.92. The summed E-state index contributed by atoms with van der Waals surface area (Å²) in [4.78, 5) is 12.1. The second kappa shape index (κ2) is 8.26. The third-order valence-corrected chi connectivity index (χ3v) is 4.92. The van der Waals surface area contributed by atoms with Gasteiger partial charge in [-0.3, -0.25) is 10.1 Å². The summed E-state index contributed by atoms with van der Waals surface area (Å²) in [7, 11) is 0. The van der Waals surface area contributed by atoms with Gasteiger partial charge in [-0.15, -0.1) is 0 Å². The first kappa shape index (κ1) is 22.4. The minimum Gasteiger partial charge on any atom is -0.507 e. The lowest BCUT2D eigenvalue weighted by Gasteiger charge is -2.29. The maximum Gasteiger partial charge on any atom is 0.325 e. The molecule has 0 amide bonds. The minimum absolute atomic E-state index is 0.227. The van der Waals surface area contributed by atoms with Crippen molar-refractivity contribution in [1.29, 1.82) is 5.26 Å². The van der Waals surface area contributed by atoms with E-state index in [4.69, 9.17) is 5.26 Å². The molecule has 0 fully saturated rings. The number of phenols is 1. The van der Waals surface area contributed by atoms with Crippen LogP contribution in [0.1, 0.15) is 75.4 Å². The molecule has 0 aliphatic carbocycles. The van der Waals surface area contributed by atoms with Crippen LogP contribution in [0.15, 0.2) is 36.4 Å². The predicted molar refractivity (Wildman–Crippen MR) is 114 cm³/mol. The Morgan fingerprint density at radius 3 is 1.90 bits per heavy atom. The zero-order valence-corrected chi connectivity index (χ0v) is 18.0. The van der Waals surface area contributed by atoms with Gasteiger partial charge in [0.25, 0.3) is 0 Å².